The Balaban J connectivity index is 1.58. The van der Waals surface area contributed by atoms with Gasteiger partial charge in [0.15, 0.2) is 0 Å². The average Bonchev–Trinajstić information content (AvgIpc) is 3.49. The second kappa shape index (κ2) is 13.2. The summed E-state index contributed by atoms with van der Waals surface area (Å²) >= 11 is 1.12. The number of sulfonamides is 1. The van der Waals surface area contributed by atoms with Crippen molar-refractivity contribution >= 4 is 39.0 Å². The van der Waals surface area contributed by atoms with E-state index < -0.39 is 22.2 Å². The summed E-state index contributed by atoms with van der Waals surface area (Å²) in [7, 11) is -2.03. The highest BCUT2D eigenvalue weighted by molar-refractivity contribution is 7.94. The summed E-state index contributed by atoms with van der Waals surface area (Å²) in [4.78, 5) is 29.7. The molecule has 3 N–H and O–H groups in total. The molecule has 10 nitrogen and oxygen atoms in total. The molecule has 1 aromatic carbocycles. The van der Waals surface area contributed by atoms with Crippen LogP contribution in [0.3, 0.4) is 0 Å². The number of hydrogen-bond acceptors (Lipinski definition) is 7. The number of fused-ring (bicyclic) bond motifs is 1. The SMILES string of the molecule is C[C@@H]1CN([C@H](C)CO)C(=O)Cc2cc(NS(=O)(=O)c3cccs3)ccc2O[C@@H]1CN(C)C(=O)NC1CCCCC1. The maximum absolute atomic E-state index is 13.4. The molecule has 0 radical (unpaired) electrons. The first-order chi connectivity index (χ1) is 19.1. The van der Waals surface area contributed by atoms with Crippen LogP contribution in [0.15, 0.2) is 39.9 Å². The van der Waals surface area contributed by atoms with E-state index >= 15 is 0 Å². The number of likely N-dealkylation sites (N-methyl/N-ethyl adjacent to an activating group) is 1. The van der Waals surface area contributed by atoms with Gasteiger partial charge in [0, 0.05) is 36.8 Å². The van der Waals surface area contributed by atoms with Crippen LogP contribution in [-0.2, 0) is 21.2 Å². The number of rotatable bonds is 8. The van der Waals surface area contributed by atoms with E-state index in [9.17, 15) is 23.1 Å². The van der Waals surface area contributed by atoms with Gasteiger partial charge in [-0.1, -0.05) is 32.3 Å². The van der Waals surface area contributed by atoms with E-state index in [0.717, 1.165) is 37.0 Å². The van der Waals surface area contributed by atoms with Crippen molar-refractivity contribution in [2.75, 3.05) is 31.5 Å². The van der Waals surface area contributed by atoms with E-state index in [1.54, 1.807) is 53.4 Å². The first-order valence-electron chi connectivity index (χ1n) is 13.8. The summed E-state index contributed by atoms with van der Waals surface area (Å²) in [5, 5.41) is 14.7. The Bertz CT molecular complexity index is 1260. The third-order valence-corrected chi connectivity index (χ3v) is 10.4. The lowest BCUT2D eigenvalue weighted by atomic mass is 9.96. The minimum absolute atomic E-state index is 0.0221. The number of carbonyl (C=O) groups is 2. The van der Waals surface area contributed by atoms with Crippen molar-refractivity contribution in [2.24, 2.45) is 5.92 Å². The number of hydrogen-bond donors (Lipinski definition) is 3. The maximum atomic E-state index is 13.4. The molecule has 0 unspecified atom stereocenters. The highest BCUT2D eigenvalue weighted by atomic mass is 32.2. The number of ether oxygens (including phenoxy) is 1. The molecule has 0 saturated heterocycles. The third kappa shape index (κ3) is 7.46. The number of nitrogens with zero attached hydrogens (tertiary/aromatic N) is 2. The van der Waals surface area contributed by atoms with Crippen LogP contribution in [0, 0.1) is 5.92 Å². The minimum atomic E-state index is -3.77. The summed E-state index contributed by atoms with van der Waals surface area (Å²) in [6.45, 7) is 4.20. The van der Waals surface area contributed by atoms with Crippen LogP contribution in [-0.4, -0.2) is 80.2 Å². The number of amides is 3. The zero-order valence-corrected chi connectivity index (χ0v) is 25.0. The van der Waals surface area contributed by atoms with Gasteiger partial charge in [-0.15, -0.1) is 11.3 Å². The molecule has 1 aliphatic carbocycles. The molecule has 2 heterocycles. The van der Waals surface area contributed by atoms with Crippen molar-refractivity contribution in [3.05, 3.63) is 41.3 Å². The lowest BCUT2D eigenvalue weighted by Gasteiger charge is -2.34. The Hall–Kier alpha value is -2.83. The Morgan fingerprint density at radius 2 is 2.00 bits per heavy atom. The highest BCUT2D eigenvalue weighted by Gasteiger charge is 2.32. The van der Waals surface area contributed by atoms with Gasteiger partial charge in [0.2, 0.25) is 5.91 Å². The van der Waals surface area contributed by atoms with Crippen molar-refractivity contribution in [3.8, 4) is 5.75 Å². The van der Waals surface area contributed by atoms with Gasteiger partial charge in [-0.3, -0.25) is 9.52 Å². The molecule has 2 aromatic rings. The van der Waals surface area contributed by atoms with Gasteiger partial charge in [0.05, 0.1) is 25.6 Å². The quantitative estimate of drug-likeness (QED) is 0.429. The molecule has 40 heavy (non-hydrogen) atoms. The normalized spacial score (nSPS) is 21.3. The molecular formula is C28H40N4O6S2. The summed E-state index contributed by atoms with van der Waals surface area (Å²) in [5.74, 6) is 0.107. The zero-order valence-electron chi connectivity index (χ0n) is 23.3. The van der Waals surface area contributed by atoms with E-state index in [4.69, 9.17) is 4.74 Å². The lowest BCUT2D eigenvalue weighted by molar-refractivity contribution is -0.134. The van der Waals surface area contributed by atoms with Crippen LogP contribution < -0.4 is 14.8 Å². The molecular weight excluding hydrogens is 552 g/mol. The summed E-state index contributed by atoms with van der Waals surface area (Å²) in [5.41, 5.74) is 0.845. The van der Waals surface area contributed by atoms with Crippen LogP contribution in [0.1, 0.15) is 51.5 Å². The largest absolute Gasteiger partial charge is 0.488 e. The smallest absolute Gasteiger partial charge is 0.317 e. The molecule has 1 aliphatic heterocycles. The fourth-order valence-corrected chi connectivity index (χ4v) is 7.26. The van der Waals surface area contributed by atoms with Crippen molar-refractivity contribution in [1.82, 2.24) is 15.1 Å². The van der Waals surface area contributed by atoms with Gasteiger partial charge >= 0.3 is 6.03 Å². The molecule has 1 aromatic heterocycles. The minimum Gasteiger partial charge on any atom is -0.488 e. The molecule has 0 spiro atoms. The highest BCUT2D eigenvalue weighted by Crippen LogP contribution is 2.30. The van der Waals surface area contributed by atoms with Crippen molar-refractivity contribution in [2.45, 2.75) is 74.8 Å². The lowest BCUT2D eigenvalue weighted by Crippen LogP contribution is -2.50. The second-order valence-corrected chi connectivity index (χ2v) is 13.8. The summed E-state index contributed by atoms with van der Waals surface area (Å²) < 4.78 is 34.8. The Morgan fingerprint density at radius 1 is 1.25 bits per heavy atom. The predicted octanol–water partition coefficient (Wildman–Crippen LogP) is 3.67. The predicted molar refractivity (Wildman–Crippen MR) is 155 cm³/mol. The number of aliphatic hydroxyl groups excluding tert-OH is 1. The van der Waals surface area contributed by atoms with Crippen molar-refractivity contribution < 1.29 is 27.9 Å². The van der Waals surface area contributed by atoms with E-state index in [-0.39, 0.29) is 41.1 Å². The van der Waals surface area contributed by atoms with Crippen LogP contribution >= 0.6 is 11.3 Å². The van der Waals surface area contributed by atoms with Gasteiger partial charge in [0.1, 0.15) is 16.1 Å². The van der Waals surface area contributed by atoms with Gasteiger partial charge < -0.3 is 25.0 Å². The first kappa shape index (κ1) is 30.1. The zero-order chi connectivity index (χ0) is 28.9. The number of carbonyl (C=O) groups excluding carboxylic acids is 2. The summed E-state index contributed by atoms with van der Waals surface area (Å²) in [6.07, 6.45) is 4.93. The molecule has 2 aliphatic rings. The van der Waals surface area contributed by atoms with Crippen molar-refractivity contribution in [1.29, 1.82) is 0 Å². The molecule has 12 heteroatoms. The number of urea groups is 1. The van der Waals surface area contributed by atoms with Gasteiger partial charge in [0.25, 0.3) is 10.0 Å². The van der Waals surface area contributed by atoms with E-state index in [2.05, 4.69) is 10.0 Å². The van der Waals surface area contributed by atoms with Crippen LogP contribution in [0.5, 0.6) is 5.75 Å². The molecule has 3 atom stereocenters. The van der Waals surface area contributed by atoms with Gasteiger partial charge in [-0.2, -0.15) is 0 Å². The van der Waals surface area contributed by atoms with Gasteiger partial charge in [-0.05, 0) is 49.4 Å². The van der Waals surface area contributed by atoms with Gasteiger partial charge in [-0.25, -0.2) is 13.2 Å². The maximum Gasteiger partial charge on any atom is 0.317 e. The summed E-state index contributed by atoms with van der Waals surface area (Å²) in [6, 6.07) is 7.70. The fraction of sp³-hybridized carbons (Fsp3) is 0.571. The van der Waals surface area contributed by atoms with E-state index in [1.807, 2.05) is 6.92 Å². The van der Waals surface area contributed by atoms with Crippen LogP contribution in [0.4, 0.5) is 10.5 Å². The molecule has 1 fully saturated rings. The van der Waals surface area contributed by atoms with Crippen LogP contribution in [0.25, 0.3) is 0 Å². The standard InChI is InChI=1S/C28H40N4O6S2/c1-19-16-32(20(2)18-33)26(34)15-21-14-23(30-40(36,37)27-10-7-13-39-27)11-12-24(21)38-25(19)17-31(3)28(35)29-22-8-5-4-6-9-22/h7,10-14,19-20,22,25,30,33H,4-6,8-9,15-18H2,1-3H3,(H,29,35)/t19-,20-,25-/m1/s1. The monoisotopic (exact) mass is 592 g/mol. The van der Waals surface area contributed by atoms with E-state index in [1.165, 1.54) is 12.5 Å². The number of nitrogens with one attached hydrogen (secondary N) is 2. The number of thiophene rings is 1. The molecule has 0 bridgehead atoms. The Morgan fingerprint density at radius 3 is 2.67 bits per heavy atom. The van der Waals surface area contributed by atoms with Crippen molar-refractivity contribution in [3.63, 3.8) is 0 Å². The Labute approximate surface area is 240 Å². The number of benzene rings is 1. The van der Waals surface area contributed by atoms with E-state index in [0.29, 0.717) is 30.1 Å². The fourth-order valence-electron chi connectivity index (χ4n) is 5.22. The number of anilines is 1. The molecule has 1 saturated carbocycles. The second-order valence-electron chi connectivity index (χ2n) is 10.9. The molecule has 220 valence electrons. The number of aliphatic hydroxyl groups is 1. The third-order valence-electron chi connectivity index (χ3n) is 7.66. The molecule has 4 rings (SSSR count). The van der Waals surface area contributed by atoms with Crippen LogP contribution in [0.2, 0.25) is 0 Å². The average molecular weight is 593 g/mol. The first-order valence-corrected chi connectivity index (χ1v) is 16.2. The molecule has 3 amide bonds. The Kier molecular flexibility index (Phi) is 9.96. The topological polar surface area (TPSA) is 128 Å².